The fraction of sp³-hybridized carbons (Fsp3) is 0.333. The Hall–Kier alpha value is -2.88. The zero-order valence-corrected chi connectivity index (χ0v) is 12.8. The van der Waals surface area contributed by atoms with E-state index in [1.165, 1.54) is 6.20 Å². The lowest BCUT2D eigenvalue weighted by atomic mass is 9.99. The van der Waals surface area contributed by atoms with Crippen LogP contribution in [0.15, 0.2) is 30.5 Å². The highest BCUT2D eigenvalue weighted by Crippen LogP contribution is 2.20. The van der Waals surface area contributed by atoms with Crippen LogP contribution in [-0.4, -0.2) is 27.2 Å². The highest BCUT2D eigenvalue weighted by molar-refractivity contribution is 5.74. The maximum Gasteiger partial charge on any atom is 0.216 e. The Morgan fingerprint density at radius 3 is 2.64 bits per heavy atom. The number of rotatable bonds is 5. The number of H-pyrrole nitrogens is 1. The van der Waals surface area contributed by atoms with Crippen LogP contribution in [0, 0.1) is 16.7 Å². The Balaban J connectivity index is 1.98. The molecule has 0 spiro atoms. The number of hydrogen-bond donors (Lipinski definition) is 2. The Morgan fingerprint density at radius 2 is 2.09 bits per heavy atom. The van der Waals surface area contributed by atoms with Crippen LogP contribution in [0.5, 0.6) is 5.75 Å². The fourth-order valence-corrected chi connectivity index (χ4v) is 1.53. The predicted molar refractivity (Wildman–Crippen MR) is 82.8 cm³/mol. The van der Waals surface area contributed by atoms with E-state index in [1.54, 1.807) is 0 Å². The molecule has 114 valence electrons. The maximum absolute atomic E-state index is 9.07. The van der Waals surface area contributed by atoms with Crippen molar-refractivity contribution in [2.75, 3.05) is 11.9 Å². The molecule has 2 N–H and O–H groups in total. The van der Waals surface area contributed by atoms with Crippen LogP contribution in [0.1, 0.15) is 26.6 Å². The summed E-state index contributed by atoms with van der Waals surface area (Å²) in [6, 6.07) is 9.52. The van der Waals surface area contributed by atoms with Gasteiger partial charge in [0.05, 0.1) is 6.61 Å². The molecular formula is C15H18N6O. The Morgan fingerprint density at radius 1 is 1.36 bits per heavy atom. The summed E-state index contributed by atoms with van der Waals surface area (Å²) < 4.78 is 5.70. The molecule has 1 aromatic heterocycles. The summed E-state index contributed by atoms with van der Waals surface area (Å²) >= 11 is 0. The predicted octanol–water partition coefficient (Wildman–Crippen LogP) is 2.60. The van der Waals surface area contributed by atoms with Gasteiger partial charge < -0.3 is 10.1 Å². The normalized spacial score (nSPS) is 11.8. The number of anilines is 1. The topological polar surface area (TPSA) is 99.5 Å². The lowest BCUT2D eigenvalue weighted by molar-refractivity contribution is 0.198. The van der Waals surface area contributed by atoms with E-state index in [4.69, 9.17) is 10.00 Å². The molecule has 0 amide bonds. The maximum atomic E-state index is 9.07. The van der Waals surface area contributed by atoms with Gasteiger partial charge in [0, 0.05) is 11.9 Å². The number of nitriles is 1. The number of nitrogens with one attached hydrogen (secondary N) is 2. The van der Waals surface area contributed by atoms with Gasteiger partial charge in [-0.1, -0.05) is 20.8 Å². The van der Waals surface area contributed by atoms with Gasteiger partial charge in [-0.25, -0.2) is 0 Å². The van der Waals surface area contributed by atoms with E-state index in [1.807, 2.05) is 30.3 Å². The summed E-state index contributed by atoms with van der Waals surface area (Å²) in [5, 5.41) is 25.3. The van der Waals surface area contributed by atoms with E-state index in [2.05, 4.69) is 46.7 Å². The zero-order valence-electron chi connectivity index (χ0n) is 12.8. The average Bonchev–Trinajstić information content (AvgIpc) is 3.00. The van der Waals surface area contributed by atoms with Crippen LogP contribution in [0.2, 0.25) is 0 Å². The van der Waals surface area contributed by atoms with Gasteiger partial charge in [-0.05, 0) is 34.9 Å². The standard InChI is InChI=1S/C15H18N6O/c1-15(2,3)10-22-13-6-4-12(5-7-13)17-9-11(8-16)14-18-20-21-19-14/h4-7,9,17H,10H2,1-3H3,(H,18,19,20,21). The fourth-order valence-electron chi connectivity index (χ4n) is 1.53. The van der Waals surface area contributed by atoms with Gasteiger partial charge in [0.1, 0.15) is 17.4 Å². The van der Waals surface area contributed by atoms with E-state index in [-0.39, 0.29) is 11.2 Å². The van der Waals surface area contributed by atoms with Crippen LogP contribution in [0.25, 0.3) is 5.57 Å². The molecule has 2 aromatic rings. The summed E-state index contributed by atoms with van der Waals surface area (Å²) in [6.45, 7) is 7.01. The molecule has 7 nitrogen and oxygen atoms in total. The molecule has 0 aliphatic heterocycles. The number of aromatic nitrogens is 4. The third-order valence-electron chi connectivity index (χ3n) is 2.62. The molecule has 0 unspecified atom stereocenters. The lowest BCUT2D eigenvalue weighted by Gasteiger charge is -2.18. The quantitative estimate of drug-likeness (QED) is 0.823. The third-order valence-corrected chi connectivity index (χ3v) is 2.62. The first-order valence-electron chi connectivity index (χ1n) is 6.81. The van der Waals surface area contributed by atoms with Crippen molar-refractivity contribution in [1.29, 1.82) is 5.26 Å². The van der Waals surface area contributed by atoms with E-state index in [0.717, 1.165) is 11.4 Å². The molecule has 0 saturated carbocycles. The summed E-state index contributed by atoms with van der Waals surface area (Å²) in [4.78, 5) is 0. The smallest absolute Gasteiger partial charge is 0.216 e. The SMILES string of the molecule is CC(C)(C)COc1ccc(NC=C(C#N)c2nn[nH]n2)cc1. The van der Waals surface area contributed by atoms with Crippen molar-refractivity contribution >= 4 is 11.3 Å². The number of aromatic amines is 1. The molecule has 0 bridgehead atoms. The van der Waals surface area contributed by atoms with Crippen LogP contribution in [-0.2, 0) is 0 Å². The molecule has 0 radical (unpaired) electrons. The van der Waals surface area contributed by atoms with Crippen molar-refractivity contribution in [2.24, 2.45) is 5.41 Å². The summed E-state index contributed by atoms with van der Waals surface area (Å²) in [6.07, 6.45) is 1.54. The molecule has 1 aromatic carbocycles. The first-order valence-corrected chi connectivity index (χ1v) is 6.81. The minimum absolute atomic E-state index is 0.117. The summed E-state index contributed by atoms with van der Waals surface area (Å²) in [5.41, 5.74) is 1.24. The van der Waals surface area contributed by atoms with Gasteiger partial charge in [-0.2, -0.15) is 10.5 Å². The molecule has 22 heavy (non-hydrogen) atoms. The molecule has 7 heteroatoms. The molecule has 0 saturated heterocycles. The van der Waals surface area contributed by atoms with E-state index in [0.29, 0.717) is 12.2 Å². The van der Waals surface area contributed by atoms with Crippen molar-refractivity contribution in [3.05, 3.63) is 36.3 Å². The van der Waals surface area contributed by atoms with Crippen LogP contribution in [0.4, 0.5) is 5.69 Å². The Kier molecular flexibility index (Phi) is 4.73. The lowest BCUT2D eigenvalue weighted by Crippen LogP contribution is -2.16. The zero-order chi connectivity index (χ0) is 16.0. The van der Waals surface area contributed by atoms with Gasteiger partial charge in [-0.3, -0.25) is 0 Å². The minimum Gasteiger partial charge on any atom is -0.493 e. The van der Waals surface area contributed by atoms with Crippen molar-refractivity contribution in [2.45, 2.75) is 20.8 Å². The molecular weight excluding hydrogens is 280 g/mol. The second-order valence-corrected chi connectivity index (χ2v) is 5.92. The number of benzene rings is 1. The second-order valence-electron chi connectivity index (χ2n) is 5.92. The van der Waals surface area contributed by atoms with Gasteiger partial charge in [0.25, 0.3) is 0 Å². The number of nitrogens with zero attached hydrogens (tertiary/aromatic N) is 4. The van der Waals surface area contributed by atoms with Gasteiger partial charge in [-0.15, -0.1) is 10.2 Å². The largest absolute Gasteiger partial charge is 0.493 e. The summed E-state index contributed by atoms with van der Waals surface area (Å²) in [7, 11) is 0. The Labute approximate surface area is 129 Å². The highest BCUT2D eigenvalue weighted by Gasteiger charge is 2.11. The molecule has 2 rings (SSSR count). The van der Waals surface area contributed by atoms with Crippen molar-refractivity contribution in [1.82, 2.24) is 20.6 Å². The number of tetrazole rings is 1. The van der Waals surface area contributed by atoms with E-state index < -0.39 is 0 Å². The summed E-state index contributed by atoms with van der Waals surface area (Å²) in [5.74, 6) is 1.06. The van der Waals surface area contributed by atoms with Crippen LogP contribution in [0.3, 0.4) is 0 Å². The van der Waals surface area contributed by atoms with Gasteiger partial charge in [0.15, 0.2) is 0 Å². The third kappa shape index (κ3) is 4.59. The monoisotopic (exact) mass is 298 g/mol. The van der Waals surface area contributed by atoms with E-state index >= 15 is 0 Å². The average molecular weight is 298 g/mol. The molecule has 1 heterocycles. The number of hydrogen-bond acceptors (Lipinski definition) is 6. The Bertz CT molecular complexity index is 662. The first-order chi connectivity index (χ1) is 10.5. The van der Waals surface area contributed by atoms with Crippen LogP contribution < -0.4 is 10.1 Å². The molecule has 0 fully saturated rings. The van der Waals surface area contributed by atoms with Gasteiger partial charge >= 0.3 is 0 Å². The molecule has 0 aliphatic rings. The van der Waals surface area contributed by atoms with Crippen molar-refractivity contribution in [3.63, 3.8) is 0 Å². The molecule has 0 atom stereocenters. The van der Waals surface area contributed by atoms with Gasteiger partial charge in [0.2, 0.25) is 5.82 Å². The number of allylic oxidation sites excluding steroid dienone is 1. The minimum atomic E-state index is 0.117. The van der Waals surface area contributed by atoms with Crippen molar-refractivity contribution < 1.29 is 4.74 Å². The highest BCUT2D eigenvalue weighted by atomic mass is 16.5. The van der Waals surface area contributed by atoms with Crippen LogP contribution >= 0.6 is 0 Å². The number of ether oxygens (including phenoxy) is 1. The van der Waals surface area contributed by atoms with E-state index in [9.17, 15) is 0 Å². The first kappa shape index (κ1) is 15.5. The molecule has 0 aliphatic carbocycles. The van der Waals surface area contributed by atoms with Crippen molar-refractivity contribution in [3.8, 4) is 11.8 Å². The second kappa shape index (κ2) is 6.72.